The molecule has 0 N–H and O–H groups in total. The molecule has 2 fully saturated rings. The first kappa shape index (κ1) is 16.9. The number of carbonyl (C=O) groups is 2. The van der Waals surface area contributed by atoms with Crippen LogP contribution in [0.4, 0.5) is 4.79 Å². The molecule has 0 aliphatic carbocycles. The topological polar surface area (TPSA) is 94.5 Å². The van der Waals surface area contributed by atoms with Gasteiger partial charge in [0.05, 0.1) is 5.69 Å². The monoisotopic (exact) mass is 374 g/mol. The van der Waals surface area contributed by atoms with Crippen molar-refractivity contribution >= 4 is 23.4 Å². The number of cyclic esters (lactones) is 1. The molecule has 0 saturated carbocycles. The van der Waals surface area contributed by atoms with Crippen LogP contribution >= 0.6 is 11.3 Å². The molecule has 0 bridgehead atoms. The molecule has 2 aliphatic rings. The number of thiazole rings is 1. The van der Waals surface area contributed by atoms with Gasteiger partial charge in [-0.15, -0.1) is 11.3 Å². The summed E-state index contributed by atoms with van der Waals surface area (Å²) in [5, 5.41) is 0.650. The number of nitrogens with zero attached hydrogens (tertiary/aromatic N) is 4. The maximum Gasteiger partial charge on any atom is 0.509 e. The highest BCUT2D eigenvalue weighted by molar-refractivity contribution is 7.17. The van der Waals surface area contributed by atoms with Crippen molar-refractivity contribution in [3.8, 4) is 10.8 Å². The van der Waals surface area contributed by atoms with Gasteiger partial charge >= 0.3 is 6.16 Å². The summed E-state index contributed by atoms with van der Waals surface area (Å²) in [5.74, 6) is 0.487. The molecule has 1 spiro atoms. The summed E-state index contributed by atoms with van der Waals surface area (Å²) in [6.07, 6.45) is 4.53. The van der Waals surface area contributed by atoms with Gasteiger partial charge in [-0.05, 0) is 12.5 Å². The van der Waals surface area contributed by atoms with Gasteiger partial charge < -0.3 is 14.4 Å². The van der Waals surface area contributed by atoms with Crippen molar-refractivity contribution in [3.05, 3.63) is 29.0 Å². The zero-order valence-corrected chi connectivity index (χ0v) is 15.1. The average molecular weight is 374 g/mol. The lowest BCUT2D eigenvalue weighted by molar-refractivity contribution is 0.00293. The molecule has 2 saturated heterocycles. The summed E-state index contributed by atoms with van der Waals surface area (Å²) < 4.78 is 10.2. The van der Waals surface area contributed by atoms with E-state index in [1.54, 1.807) is 23.4 Å². The summed E-state index contributed by atoms with van der Waals surface area (Å²) in [5.41, 5.74) is 0.191. The lowest BCUT2D eigenvalue weighted by Gasteiger charge is -2.36. The molecule has 8 nitrogen and oxygen atoms in total. The number of carbonyl (C=O) groups excluding carboxylic acids is 2. The van der Waals surface area contributed by atoms with E-state index in [0.717, 1.165) is 5.69 Å². The van der Waals surface area contributed by atoms with Crippen LogP contribution in [-0.2, 0) is 15.9 Å². The fraction of sp³-hybridized carbons (Fsp3) is 0.471. The largest absolute Gasteiger partial charge is 0.509 e. The molecular formula is C17H18N4O4S. The number of aromatic nitrogens is 3. The minimum absolute atomic E-state index is 0.0402. The van der Waals surface area contributed by atoms with Crippen LogP contribution in [0.1, 0.15) is 35.1 Å². The highest BCUT2D eigenvalue weighted by atomic mass is 32.1. The zero-order chi connectivity index (χ0) is 18.1. The van der Waals surface area contributed by atoms with Gasteiger partial charge in [0, 0.05) is 38.3 Å². The van der Waals surface area contributed by atoms with E-state index in [-0.39, 0.29) is 12.5 Å². The summed E-state index contributed by atoms with van der Waals surface area (Å²) in [4.78, 5) is 39.6. The van der Waals surface area contributed by atoms with Crippen molar-refractivity contribution in [2.75, 3.05) is 19.7 Å². The van der Waals surface area contributed by atoms with Crippen LogP contribution in [0.15, 0.2) is 18.5 Å². The maximum absolute atomic E-state index is 13.0. The number of piperidine rings is 1. The average Bonchev–Trinajstić information content (AvgIpc) is 3.26. The van der Waals surface area contributed by atoms with Crippen LogP contribution in [0.3, 0.4) is 0 Å². The van der Waals surface area contributed by atoms with Gasteiger partial charge in [0.25, 0.3) is 5.91 Å². The number of likely N-dealkylation sites (tertiary alicyclic amines) is 1. The molecule has 2 aromatic rings. The van der Waals surface area contributed by atoms with E-state index >= 15 is 0 Å². The number of hydrogen-bond donors (Lipinski definition) is 0. The first-order valence-electron chi connectivity index (χ1n) is 8.52. The van der Waals surface area contributed by atoms with Crippen molar-refractivity contribution in [2.24, 2.45) is 0 Å². The second-order valence-electron chi connectivity index (χ2n) is 6.34. The normalized spacial score (nSPS) is 18.7. The van der Waals surface area contributed by atoms with Crippen molar-refractivity contribution < 1.29 is 19.1 Å². The Morgan fingerprint density at radius 1 is 1.31 bits per heavy atom. The van der Waals surface area contributed by atoms with Gasteiger partial charge in [0.15, 0.2) is 16.4 Å². The van der Waals surface area contributed by atoms with Gasteiger partial charge in [0.2, 0.25) is 0 Å². The van der Waals surface area contributed by atoms with E-state index in [0.29, 0.717) is 48.1 Å². The smallest absolute Gasteiger partial charge is 0.430 e. The highest BCUT2D eigenvalue weighted by Crippen LogP contribution is 2.33. The lowest BCUT2D eigenvalue weighted by atomic mass is 9.92. The van der Waals surface area contributed by atoms with E-state index in [9.17, 15) is 9.59 Å². The Bertz CT molecular complexity index is 831. The minimum Gasteiger partial charge on any atom is -0.430 e. The Hall–Kier alpha value is -2.55. The number of ether oxygens (including phenoxy) is 2. The van der Waals surface area contributed by atoms with Crippen LogP contribution in [0, 0.1) is 0 Å². The molecule has 0 aromatic carbocycles. The lowest BCUT2D eigenvalue weighted by Crippen LogP contribution is -2.48. The van der Waals surface area contributed by atoms with Gasteiger partial charge in [-0.3, -0.25) is 4.79 Å². The third-order valence-corrected chi connectivity index (χ3v) is 5.78. The third kappa shape index (κ3) is 3.03. The fourth-order valence-electron chi connectivity index (χ4n) is 3.20. The number of aryl methyl sites for hydroxylation is 1. The highest BCUT2D eigenvalue weighted by Gasteiger charge is 2.45. The summed E-state index contributed by atoms with van der Waals surface area (Å²) >= 11 is 1.33. The van der Waals surface area contributed by atoms with Crippen LogP contribution in [0.2, 0.25) is 0 Å². The van der Waals surface area contributed by atoms with Crippen LogP contribution in [-0.4, -0.2) is 57.2 Å². The molecular weight excluding hydrogens is 356 g/mol. The van der Waals surface area contributed by atoms with Crippen LogP contribution < -0.4 is 0 Å². The molecule has 0 unspecified atom stereocenters. The van der Waals surface area contributed by atoms with E-state index in [2.05, 4.69) is 15.0 Å². The quantitative estimate of drug-likeness (QED) is 0.761. The Morgan fingerprint density at radius 2 is 2.04 bits per heavy atom. The standard InChI is InChI=1S/C17H18N4O4S/c1-2-11-12(26-14(20-11)13-18-6-3-7-19-13)15(22)21-8-4-17(5-9-21)10-24-16(23)25-17/h3,6-7H,2,4-5,8-10H2,1H3. The molecule has 1 amide bonds. The summed E-state index contributed by atoms with van der Waals surface area (Å²) in [7, 11) is 0. The molecule has 0 radical (unpaired) electrons. The molecule has 4 heterocycles. The minimum atomic E-state index is -0.618. The van der Waals surface area contributed by atoms with E-state index in [4.69, 9.17) is 9.47 Å². The Morgan fingerprint density at radius 3 is 2.65 bits per heavy atom. The third-order valence-electron chi connectivity index (χ3n) is 4.70. The predicted octanol–water partition coefficient (Wildman–Crippen LogP) is 2.30. The molecule has 0 atom stereocenters. The Kier molecular flexibility index (Phi) is 4.31. The van der Waals surface area contributed by atoms with Gasteiger partial charge in [0.1, 0.15) is 11.5 Å². The number of rotatable bonds is 3. The van der Waals surface area contributed by atoms with Crippen molar-refractivity contribution in [1.82, 2.24) is 19.9 Å². The van der Waals surface area contributed by atoms with Crippen LogP contribution in [0.25, 0.3) is 10.8 Å². The molecule has 4 rings (SSSR count). The number of amides is 1. The molecule has 26 heavy (non-hydrogen) atoms. The molecule has 2 aromatic heterocycles. The zero-order valence-electron chi connectivity index (χ0n) is 14.3. The molecule has 2 aliphatic heterocycles. The van der Waals surface area contributed by atoms with Gasteiger partial charge in [-0.2, -0.15) is 0 Å². The van der Waals surface area contributed by atoms with E-state index in [1.165, 1.54) is 11.3 Å². The summed E-state index contributed by atoms with van der Waals surface area (Å²) in [6, 6.07) is 1.74. The van der Waals surface area contributed by atoms with E-state index < -0.39 is 11.8 Å². The first-order valence-corrected chi connectivity index (χ1v) is 9.34. The van der Waals surface area contributed by atoms with Gasteiger partial charge in [-0.25, -0.2) is 19.7 Å². The Labute approximate surface area is 154 Å². The maximum atomic E-state index is 13.0. The van der Waals surface area contributed by atoms with Crippen molar-refractivity contribution in [2.45, 2.75) is 31.8 Å². The second-order valence-corrected chi connectivity index (χ2v) is 7.34. The second kappa shape index (κ2) is 6.64. The molecule has 9 heteroatoms. The molecule has 136 valence electrons. The van der Waals surface area contributed by atoms with Crippen molar-refractivity contribution in [3.63, 3.8) is 0 Å². The number of hydrogen-bond acceptors (Lipinski definition) is 8. The summed E-state index contributed by atoms with van der Waals surface area (Å²) in [6.45, 7) is 3.29. The van der Waals surface area contributed by atoms with E-state index in [1.807, 2.05) is 6.92 Å². The van der Waals surface area contributed by atoms with Crippen molar-refractivity contribution in [1.29, 1.82) is 0 Å². The Balaban J connectivity index is 1.52. The van der Waals surface area contributed by atoms with Crippen LogP contribution in [0.5, 0.6) is 0 Å². The SMILES string of the molecule is CCc1nc(-c2ncccn2)sc1C(=O)N1CCC2(CC1)COC(=O)O2. The van der Waals surface area contributed by atoms with Gasteiger partial charge in [-0.1, -0.05) is 6.92 Å². The predicted molar refractivity (Wildman–Crippen MR) is 92.8 cm³/mol. The fourth-order valence-corrected chi connectivity index (χ4v) is 4.27. The first-order chi connectivity index (χ1) is 12.6.